The first-order valence-corrected chi connectivity index (χ1v) is 5.87. The lowest BCUT2D eigenvalue weighted by atomic mass is 10.4. The Labute approximate surface area is 110 Å². The predicted octanol–water partition coefficient (Wildman–Crippen LogP) is 1.47. The van der Waals surface area contributed by atoms with E-state index in [2.05, 4.69) is 4.74 Å². The standard InChI is InChI=1S/C10H11F3N2O3S/c1-5-6(14)2-7(19-5)9(17)18-3-8(16)15-4-10(11,12)13/h2H,3-4,14H2,1H3,(H,15,16). The lowest BCUT2D eigenvalue weighted by Gasteiger charge is -2.08. The average Bonchev–Trinajstić information content (AvgIpc) is 2.63. The fraction of sp³-hybridized carbons (Fsp3) is 0.400. The highest BCUT2D eigenvalue weighted by Gasteiger charge is 2.27. The second-order valence-corrected chi connectivity index (χ2v) is 4.85. The SMILES string of the molecule is Cc1sc(C(=O)OCC(=O)NCC(F)(F)F)cc1N. The van der Waals surface area contributed by atoms with Gasteiger partial charge in [-0.1, -0.05) is 0 Å². The van der Waals surface area contributed by atoms with Gasteiger partial charge in [-0.3, -0.25) is 4.79 Å². The van der Waals surface area contributed by atoms with Crippen molar-refractivity contribution < 1.29 is 27.5 Å². The van der Waals surface area contributed by atoms with Crippen molar-refractivity contribution in [3.05, 3.63) is 15.8 Å². The third-order valence-corrected chi connectivity index (χ3v) is 3.02. The molecule has 0 aliphatic rings. The molecular weight excluding hydrogens is 285 g/mol. The number of amides is 1. The zero-order chi connectivity index (χ0) is 14.6. The Morgan fingerprint density at radius 2 is 2.11 bits per heavy atom. The number of carbonyl (C=O) groups is 2. The summed E-state index contributed by atoms with van der Waals surface area (Å²) in [5.41, 5.74) is 5.94. The van der Waals surface area contributed by atoms with Gasteiger partial charge >= 0.3 is 12.1 Å². The van der Waals surface area contributed by atoms with Crippen molar-refractivity contribution in [2.24, 2.45) is 0 Å². The number of hydrogen-bond donors (Lipinski definition) is 2. The predicted molar refractivity (Wildman–Crippen MR) is 62.8 cm³/mol. The first-order valence-electron chi connectivity index (χ1n) is 5.05. The van der Waals surface area contributed by atoms with E-state index in [0.717, 1.165) is 11.3 Å². The van der Waals surface area contributed by atoms with Gasteiger partial charge in [-0.05, 0) is 13.0 Å². The first-order chi connectivity index (χ1) is 8.69. The van der Waals surface area contributed by atoms with Gasteiger partial charge in [0.15, 0.2) is 6.61 Å². The summed E-state index contributed by atoms with van der Waals surface area (Å²) < 4.78 is 39.9. The highest BCUT2D eigenvalue weighted by Crippen LogP contribution is 2.23. The van der Waals surface area contributed by atoms with E-state index in [1.807, 2.05) is 0 Å². The summed E-state index contributed by atoms with van der Waals surface area (Å²) in [6.45, 7) is -0.535. The number of nitrogens with one attached hydrogen (secondary N) is 1. The van der Waals surface area contributed by atoms with Gasteiger partial charge in [0.2, 0.25) is 0 Å². The highest BCUT2D eigenvalue weighted by atomic mass is 32.1. The topological polar surface area (TPSA) is 81.4 Å². The number of aryl methyl sites for hydroxylation is 1. The molecule has 1 rings (SSSR count). The zero-order valence-corrected chi connectivity index (χ0v) is 10.7. The van der Waals surface area contributed by atoms with Crippen LogP contribution in [0, 0.1) is 6.92 Å². The molecule has 9 heteroatoms. The molecule has 1 amide bonds. The van der Waals surface area contributed by atoms with Crippen LogP contribution in [0.15, 0.2) is 6.07 Å². The number of ether oxygens (including phenoxy) is 1. The van der Waals surface area contributed by atoms with Crippen molar-refractivity contribution in [2.45, 2.75) is 13.1 Å². The largest absolute Gasteiger partial charge is 0.451 e. The molecule has 0 unspecified atom stereocenters. The molecular formula is C10H11F3N2O3S. The van der Waals surface area contributed by atoms with E-state index >= 15 is 0 Å². The van der Waals surface area contributed by atoms with Crippen LogP contribution in [0.25, 0.3) is 0 Å². The molecule has 1 aromatic heterocycles. The van der Waals surface area contributed by atoms with Crippen LogP contribution < -0.4 is 11.1 Å². The van der Waals surface area contributed by atoms with Crippen LogP contribution in [-0.4, -0.2) is 31.2 Å². The molecule has 19 heavy (non-hydrogen) atoms. The van der Waals surface area contributed by atoms with Crippen molar-refractivity contribution in [3.8, 4) is 0 Å². The van der Waals surface area contributed by atoms with E-state index in [9.17, 15) is 22.8 Å². The van der Waals surface area contributed by atoms with Gasteiger partial charge in [0.1, 0.15) is 11.4 Å². The van der Waals surface area contributed by atoms with E-state index in [-0.39, 0.29) is 4.88 Å². The van der Waals surface area contributed by atoms with Gasteiger partial charge in [-0.25, -0.2) is 4.79 Å². The molecule has 1 heterocycles. The molecule has 0 aliphatic heterocycles. The Kier molecular flexibility index (Phi) is 4.76. The molecule has 0 saturated carbocycles. The summed E-state index contributed by atoms with van der Waals surface area (Å²) in [7, 11) is 0. The van der Waals surface area contributed by atoms with E-state index in [1.165, 1.54) is 6.07 Å². The number of alkyl halides is 3. The molecule has 0 bridgehead atoms. The average molecular weight is 296 g/mol. The number of rotatable bonds is 4. The minimum Gasteiger partial charge on any atom is -0.451 e. The minimum atomic E-state index is -4.50. The van der Waals surface area contributed by atoms with Gasteiger partial charge in [0.25, 0.3) is 5.91 Å². The van der Waals surface area contributed by atoms with E-state index in [0.29, 0.717) is 10.6 Å². The number of carbonyl (C=O) groups excluding carboxylic acids is 2. The summed E-state index contributed by atoms with van der Waals surface area (Å²) in [6.07, 6.45) is -4.50. The number of nitrogens with two attached hydrogens (primary N) is 1. The molecule has 0 radical (unpaired) electrons. The van der Waals surface area contributed by atoms with Gasteiger partial charge in [-0.2, -0.15) is 13.2 Å². The van der Waals surface area contributed by atoms with Gasteiger partial charge in [-0.15, -0.1) is 11.3 Å². The van der Waals surface area contributed by atoms with Crippen LogP contribution in [0.2, 0.25) is 0 Å². The van der Waals surface area contributed by atoms with Gasteiger partial charge in [0.05, 0.1) is 0 Å². The van der Waals surface area contributed by atoms with E-state index in [4.69, 9.17) is 5.73 Å². The lowest BCUT2D eigenvalue weighted by Crippen LogP contribution is -2.36. The molecule has 5 nitrogen and oxygen atoms in total. The fourth-order valence-electron chi connectivity index (χ4n) is 1.05. The molecule has 0 saturated heterocycles. The molecule has 0 aromatic carbocycles. The van der Waals surface area contributed by atoms with Crippen LogP contribution >= 0.6 is 11.3 Å². The number of nitrogen functional groups attached to an aromatic ring is 1. The molecule has 0 fully saturated rings. The first kappa shape index (κ1) is 15.3. The van der Waals surface area contributed by atoms with E-state index < -0.39 is 31.2 Å². The van der Waals surface area contributed by atoms with Crippen LogP contribution in [0.4, 0.5) is 18.9 Å². The van der Waals surface area contributed by atoms with Crippen molar-refractivity contribution in [2.75, 3.05) is 18.9 Å². The Hall–Kier alpha value is -1.77. The third-order valence-electron chi connectivity index (χ3n) is 1.98. The molecule has 1 aromatic rings. The van der Waals surface area contributed by atoms with Crippen molar-refractivity contribution in [3.63, 3.8) is 0 Å². The molecule has 3 N–H and O–H groups in total. The van der Waals surface area contributed by atoms with Gasteiger partial charge < -0.3 is 15.8 Å². The number of thiophene rings is 1. The Morgan fingerprint density at radius 1 is 1.47 bits per heavy atom. The molecule has 0 atom stereocenters. The van der Waals surface area contributed by atoms with Crippen LogP contribution in [0.3, 0.4) is 0 Å². The number of hydrogen-bond acceptors (Lipinski definition) is 5. The summed E-state index contributed by atoms with van der Waals surface area (Å²) in [4.78, 5) is 23.3. The van der Waals surface area contributed by atoms with Crippen LogP contribution in [0.5, 0.6) is 0 Å². The molecule has 106 valence electrons. The Balaban J connectivity index is 2.40. The Bertz CT molecular complexity index is 465. The number of halogens is 3. The van der Waals surface area contributed by atoms with Crippen molar-refractivity contribution >= 4 is 28.9 Å². The maximum absolute atomic E-state index is 11.8. The smallest absolute Gasteiger partial charge is 0.405 e. The Morgan fingerprint density at radius 3 is 2.58 bits per heavy atom. The molecule has 0 spiro atoms. The second-order valence-electron chi connectivity index (χ2n) is 3.59. The van der Waals surface area contributed by atoms with Crippen molar-refractivity contribution in [1.29, 1.82) is 0 Å². The number of anilines is 1. The molecule has 0 aliphatic carbocycles. The monoisotopic (exact) mass is 296 g/mol. The zero-order valence-electron chi connectivity index (χ0n) is 9.84. The van der Waals surface area contributed by atoms with E-state index in [1.54, 1.807) is 12.2 Å². The van der Waals surface area contributed by atoms with Crippen LogP contribution in [0.1, 0.15) is 14.5 Å². The van der Waals surface area contributed by atoms with Gasteiger partial charge in [0, 0.05) is 10.6 Å². The van der Waals surface area contributed by atoms with Crippen molar-refractivity contribution in [1.82, 2.24) is 5.32 Å². The quantitative estimate of drug-likeness (QED) is 0.824. The van der Waals surface area contributed by atoms with Crippen LogP contribution in [-0.2, 0) is 9.53 Å². The number of esters is 1. The summed E-state index contributed by atoms with van der Waals surface area (Å²) in [6, 6.07) is 1.38. The lowest BCUT2D eigenvalue weighted by molar-refractivity contribution is -0.140. The highest BCUT2D eigenvalue weighted by molar-refractivity contribution is 7.14. The maximum Gasteiger partial charge on any atom is 0.405 e. The second kappa shape index (κ2) is 5.91. The third kappa shape index (κ3) is 5.16. The summed E-state index contributed by atoms with van der Waals surface area (Å²) in [5.74, 6) is -1.82. The fourth-order valence-corrected chi connectivity index (χ4v) is 1.88. The normalized spacial score (nSPS) is 11.2. The maximum atomic E-state index is 11.8. The minimum absolute atomic E-state index is 0.193. The summed E-state index contributed by atoms with van der Waals surface area (Å²) in [5, 5.41) is 1.58. The summed E-state index contributed by atoms with van der Waals surface area (Å²) >= 11 is 1.08.